The van der Waals surface area contributed by atoms with Crippen LogP contribution in [0.25, 0.3) is 54.7 Å². The van der Waals surface area contributed by atoms with Gasteiger partial charge in [0.05, 0.1) is 54.5 Å². The Morgan fingerprint density at radius 1 is 0.732 bits per heavy atom. The molecule has 366 valence electrons. The van der Waals surface area contributed by atoms with Crippen molar-refractivity contribution in [2.24, 2.45) is 11.8 Å². The van der Waals surface area contributed by atoms with E-state index < -0.39 is 18.2 Å². The van der Waals surface area contributed by atoms with E-state index in [1.165, 1.54) is 19.1 Å². The molecule has 0 unspecified atom stereocenters. The number of H-pyrrole nitrogens is 2. The van der Waals surface area contributed by atoms with E-state index in [1.807, 2.05) is 35.8 Å². The Balaban J connectivity index is 0.806. The number of alkyl carbamates (subject to hydrolysis) is 1. The molecule has 71 heavy (non-hydrogen) atoms. The molecule has 15 heteroatoms. The van der Waals surface area contributed by atoms with E-state index in [4.69, 9.17) is 19.4 Å². The summed E-state index contributed by atoms with van der Waals surface area (Å²) in [5.74, 6) is 2.00. The summed E-state index contributed by atoms with van der Waals surface area (Å²) in [5, 5.41) is 10.1. The van der Waals surface area contributed by atoms with E-state index in [9.17, 15) is 19.2 Å². The number of carbonyl (C=O) groups is 4. The van der Waals surface area contributed by atoms with Crippen molar-refractivity contribution in [2.45, 2.75) is 101 Å². The van der Waals surface area contributed by atoms with Crippen molar-refractivity contribution >= 4 is 67.6 Å². The van der Waals surface area contributed by atoms with Crippen molar-refractivity contribution in [2.75, 3.05) is 40.0 Å². The number of morpholine rings is 1. The second-order valence-electron chi connectivity index (χ2n) is 20.8. The lowest BCUT2D eigenvalue weighted by Crippen LogP contribution is -2.54. The summed E-state index contributed by atoms with van der Waals surface area (Å²) in [7, 11) is 1.32. The van der Waals surface area contributed by atoms with E-state index >= 15 is 0 Å². The zero-order valence-electron chi connectivity index (χ0n) is 40.6. The number of fused-ring (bicyclic) bond motifs is 8. The summed E-state index contributed by atoms with van der Waals surface area (Å²) in [6.45, 7) is 6.39. The first-order valence-corrected chi connectivity index (χ1v) is 25.7. The van der Waals surface area contributed by atoms with Gasteiger partial charge in [0.1, 0.15) is 23.7 Å². The number of ether oxygens (including phenoxy) is 2. The lowest BCUT2D eigenvalue weighted by atomic mass is 9.79. The van der Waals surface area contributed by atoms with Crippen LogP contribution in [0.3, 0.4) is 0 Å². The fourth-order valence-electron chi connectivity index (χ4n) is 12.3. The Hall–Kier alpha value is -7.00. The van der Waals surface area contributed by atoms with E-state index in [-0.39, 0.29) is 41.9 Å². The number of benzene rings is 5. The maximum Gasteiger partial charge on any atom is 0.407 e. The fourth-order valence-corrected chi connectivity index (χ4v) is 12.3. The Morgan fingerprint density at radius 2 is 1.42 bits per heavy atom. The van der Waals surface area contributed by atoms with Crippen molar-refractivity contribution in [1.82, 2.24) is 45.3 Å². The standard InChI is InChI=1S/C56H61N9O6/c1-31(2)46(62-56(69)70-3)54(67)65-40-17-12-39(30-40)50(65)52-58-44-21-16-37-28-35(14-19-42(37)49(44)60-52)34-13-18-41-36(27-34)15-20-43-48(41)59-51(57-43)45-11-6-22-64(45)53(66)47(61-55(68)63-23-25-71-26-24-63)38-10-5-9-33(29-38)32-7-4-8-32/h5,9-10,13-16,18-21,27-29,31-32,39-40,45-47,50H,4,6-8,11-12,17,22-26,30H2,1-3H3,(H,57,59)(H,58,60)(H,61,68)(H,62,69)/t39-,40+,45-,46-,47+,50-/m0/s1. The summed E-state index contributed by atoms with van der Waals surface area (Å²) < 4.78 is 10.4. The Bertz CT molecular complexity index is 3230. The molecular formula is C56H61N9O6. The molecule has 12 rings (SSSR count). The van der Waals surface area contributed by atoms with Gasteiger partial charge >= 0.3 is 12.1 Å². The molecule has 3 saturated heterocycles. The second-order valence-corrected chi connectivity index (χ2v) is 20.8. The molecule has 5 heterocycles. The molecule has 5 aromatic carbocycles. The van der Waals surface area contributed by atoms with Gasteiger partial charge in [0.2, 0.25) is 11.8 Å². The SMILES string of the molecule is COC(=O)N[C@H](C(=O)N1[C@@H]2CC[C@@H](C2)[C@H]1c1nc2c(ccc3cc(-c4ccc5c(ccc6[nH]c([C@@H]7CCCN7C(=O)[C@H](NC(=O)N7CCOCC7)c7cccc(C8CCC8)c7)nc65)c4)ccc32)[nH]1)C(C)C. The summed E-state index contributed by atoms with van der Waals surface area (Å²) >= 11 is 0. The van der Waals surface area contributed by atoms with E-state index in [0.29, 0.717) is 44.7 Å². The fraction of sp³-hybridized carbons (Fsp3) is 0.429. The van der Waals surface area contributed by atoms with Crippen LogP contribution in [0.4, 0.5) is 9.59 Å². The molecule has 6 atom stereocenters. The van der Waals surface area contributed by atoms with Crippen molar-refractivity contribution < 1.29 is 28.7 Å². The summed E-state index contributed by atoms with van der Waals surface area (Å²) in [6, 6.07) is 27.5. The Morgan fingerprint density at radius 3 is 2.08 bits per heavy atom. The minimum Gasteiger partial charge on any atom is -0.453 e. The first-order chi connectivity index (χ1) is 34.6. The van der Waals surface area contributed by atoms with Crippen LogP contribution >= 0.6 is 0 Å². The van der Waals surface area contributed by atoms with Crippen LogP contribution in [0.2, 0.25) is 0 Å². The number of likely N-dealkylation sites (tertiary alicyclic amines) is 2. The Kier molecular flexibility index (Phi) is 11.6. The average molecular weight is 956 g/mol. The molecule has 5 amide bonds. The monoisotopic (exact) mass is 955 g/mol. The van der Waals surface area contributed by atoms with Gasteiger partial charge in [-0.3, -0.25) is 9.59 Å². The van der Waals surface area contributed by atoms with Crippen LogP contribution < -0.4 is 10.6 Å². The zero-order chi connectivity index (χ0) is 48.5. The highest BCUT2D eigenvalue weighted by Gasteiger charge is 2.51. The third-order valence-corrected chi connectivity index (χ3v) is 16.3. The first kappa shape index (κ1) is 45.2. The number of amides is 5. The Labute approximate surface area is 412 Å². The predicted molar refractivity (Wildman–Crippen MR) is 271 cm³/mol. The first-order valence-electron chi connectivity index (χ1n) is 25.7. The number of aromatic amines is 2. The minimum atomic E-state index is -0.829. The van der Waals surface area contributed by atoms with Crippen LogP contribution in [0.15, 0.2) is 84.9 Å². The highest BCUT2D eigenvalue weighted by Crippen LogP contribution is 2.50. The molecule has 2 saturated carbocycles. The summed E-state index contributed by atoms with van der Waals surface area (Å²) in [6.07, 6.45) is 7.40. The smallest absolute Gasteiger partial charge is 0.407 e. The number of hydrogen-bond donors (Lipinski definition) is 4. The van der Waals surface area contributed by atoms with Gasteiger partial charge in [-0.1, -0.05) is 80.9 Å². The number of urea groups is 1. The number of carbonyl (C=O) groups excluding carboxylic acids is 4. The summed E-state index contributed by atoms with van der Waals surface area (Å²) in [5.41, 5.74) is 7.76. The molecule has 2 aliphatic carbocycles. The van der Waals surface area contributed by atoms with Gasteiger partial charge in [-0.2, -0.15) is 0 Å². The van der Waals surface area contributed by atoms with Crippen molar-refractivity contribution in [1.29, 1.82) is 0 Å². The normalized spacial score (nSPS) is 22.2. The number of nitrogens with zero attached hydrogens (tertiary/aromatic N) is 5. The van der Waals surface area contributed by atoms with Gasteiger partial charge in [-0.15, -0.1) is 0 Å². The van der Waals surface area contributed by atoms with Crippen molar-refractivity contribution in [3.05, 3.63) is 108 Å². The van der Waals surface area contributed by atoms with Crippen molar-refractivity contribution in [3.63, 3.8) is 0 Å². The highest BCUT2D eigenvalue weighted by atomic mass is 16.5. The predicted octanol–water partition coefficient (Wildman–Crippen LogP) is 9.56. The molecule has 3 aliphatic heterocycles. The van der Waals surface area contributed by atoms with Gasteiger partial charge in [0.15, 0.2) is 0 Å². The number of aromatic nitrogens is 4. The van der Waals surface area contributed by atoms with Gasteiger partial charge in [-0.05, 0) is 120 Å². The molecule has 2 aromatic heterocycles. The van der Waals surface area contributed by atoms with E-state index in [0.717, 1.165) is 117 Å². The molecule has 5 aliphatic rings. The molecular weight excluding hydrogens is 895 g/mol. The topological polar surface area (TPSA) is 178 Å². The molecule has 7 aromatic rings. The van der Waals surface area contributed by atoms with E-state index in [2.05, 4.69) is 93.4 Å². The number of hydrogen-bond acceptors (Lipinski definition) is 8. The molecule has 0 spiro atoms. The maximum absolute atomic E-state index is 14.8. The summed E-state index contributed by atoms with van der Waals surface area (Å²) in [4.78, 5) is 78.3. The molecule has 5 fully saturated rings. The average Bonchev–Trinajstić information content (AvgIpc) is 4.25. The van der Waals surface area contributed by atoms with Gasteiger partial charge < -0.3 is 44.8 Å². The van der Waals surface area contributed by atoms with Gasteiger partial charge in [-0.25, -0.2) is 19.6 Å². The quantitative estimate of drug-likeness (QED) is 0.105. The minimum absolute atomic E-state index is 0.0915. The van der Waals surface area contributed by atoms with Crippen LogP contribution in [0.5, 0.6) is 0 Å². The number of nitrogens with one attached hydrogen (secondary N) is 4. The number of methoxy groups -OCH3 is 1. The van der Waals surface area contributed by atoms with Crippen LogP contribution in [-0.2, 0) is 19.1 Å². The largest absolute Gasteiger partial charge is 0.453 e. The van der Waals surface area contributed by atoms with Gasteiger partial charge in [0, 0.05) is 36.4 Å². The molecule has 4 N–H and O–H groups in total. The third kappa shape index (κ3) is 8.11. The van der Waals surface area contributed by atoms with Gasteiger partial charge in [0.25, 0.3) is 0 Å². The lowest BCUT2D eigenvalue weighted by molar-refractivity contribution is -0.139. The number of rotatable bonds is 10. The zero-order valence-corrected chi connectivity index (χ0v) is 40.6. The van der Waals surface area contributed by atoms with Crippen LogP contribution in [0.1, 0.15) is 112 Å². The third-order valence-electron chi connectivity index (χ3n) is 16.3. The number of imidazole rings is 2. The number of piperidine rings is 1. The molecule has 0 radical (unpaired) electrons. The maximum atomic E-state index is 14.8. The lowest BCUT2D eigenvalue weighted by Gasteiger charge is -2.37. The van der Waals surface area contributed by atoms with E-state index in [1.54, 1.807) is 4.90 Å². The van der Waals surface area contributed by atoms with Crippen molar-refractivity contribution in [3.8, 4) is 11.1 Å². The molecule has 2 bridgehead atoms. The molecule has 15 nitrogen and oxygen atoms in total. The van der Waals surface area contributed by atoms with Crippen LogP contribution in [0, 0.1) is 11.8 Å². The van der Waals surface area contributed by atoms with Crippen LogP contribution in [-0.4, -0.2) is 111 Å². The highest BCUT2D eigenvalue weighted by molar-refractivity contribution is 6.07. The second kappa shape index (κ2) is 18.3.